The van der Waals surface area contributed by atoms with Gasteiger partial charge in [0.2, 0.25) is 0 Å². The van der Waals surface area contributed by atoms with Gasteiger partial charge in [-0.2, -0.15) is 0 Å². The maximum atomic E-state index is 12.6. The van der Waals surface area contributed by atoms with Gasteiger partial charge < -0.3 is 0 Å². The molecule has 0 aliphatic carbocycles. The molecule has 0 radical (unpaired) electrons. The lowest BCUT2D eigenvalue weighted by Crippen LogP contribution is -2.06. The summed E-state index contributed by atoms with van der Waals surface area (Å²) in [6, 6.07) is 16.2. The Morgan fingerprint density at radius 1 is 0.913 bits per heavy atom. The van der Waals surface area contributed by atoms with Crippen LogP contribution >= 0.6 is 0 Å². The first-order valence-corrected chi connectivity index (χ1v) is 7.67. The van der Waals surface area contributed by atoms with Gasteiger partial charge in [0.15, 0.2) is 11.6 Å². The Bertz CT molecular complexity index is 767. The maximum Gasteiger partial charge on any atom is 0.193 e. The van der Waals surface area contributed by atoms with Crippen molar-refractivity contribution in [2.45, 2.75) is 20.3 Å². The van der Waals surface area contributed by atoms with Gasteiger partial charge in [-0.3, -0.25) is 9.59 Å². The molecule has 2 aromatic carbocycles. The van der Waals surface area contributed by atoms with Crippen LogP contribution < -0.4 is 0 Å². The predicted molar refractivity (Wildman–Crippen MR) is 94.6 cm³/mol. The maximum absolute atomic E-state index is 12.6. The summed E-state index contributed by atoms with van der Waals surface area (Å²) in [6.07, 6.45) is 2.49. The zero-order chi connectivity index (χ0) is 16.8. The smallest absolute Gasteiger partial charge is 0.193 e. The molecule has 0 aliphatic rings. The Labute approximate surface area is 137 Å². The largest absolute Gasteiger partial charge is 0.289 e. The number of Topliss-reactive ketones (excluding diaryl/α,β-unsaturated/α-hetero) is 2. The Morgan fingerprint density at radius 2 is 1.48 bits per heavy atom. The van der Waals surface area contributed by atoms with E-state index in [2.05, 4.69) is 6.58 Å². The van der Waals surface area contributed by atoms with E-state index in [1.807, 2.05) is 50.3 Å². The molecule has 0 aromatic heterocycles. The van der Waals surface area contributed by atoms with E-state index in [9.17, 15) is 9.59 Å². The lowest BCUT2D eigenvalue weighted by Gasteiger charge is -2.08. The zero-order valence-electron chi connectivity index (χ0n) is 13.5. The Morgan fingerprint density at radius 3 is 2.04 bits per heavy atom. The van der Waals surface area contributed by atoms with Gasteiger partial charge in [-0.1, -0.05) is 68.1 Å². The van der Waals surface area contributed by atoms with E-state index in [0.29, 0.717) is 23.1 Å². The van der Waals surface area contributed by atoms with Crippen molar-refractivity contribution in [2.75, 3.05) is 0 Å². The molecule has 2 heteroatoms. The second-order valence-electron chi connectivity index (χ2n) is 5.25. The van der Waals surface area contributed by atoms with E-state index in [4.69, 9.17) is 0 Å². The molecule has 2 nitrogen and oxygen atoms in total. The van der Waals surface area contributed by atoms with Gasteiger partial charge in [-0.15, -0.1) is 0 Å². The molecule has 0 amide bonds. The third kappa shape index (κ3) is 3.72. The molecule has 0 N–H and O–H groups in total. The fourth-order valence-corrected chi connectivity index (χ4v) is 2.43. The van der Waals surface area contributed by atoms with E-state index >= 15 is 0 Å². The van der Waals surface area contributed by atoms with Gasteiger partial charge in [0.25, 0.3) is 0 Å². The number of hydrogen-bond donors (Lipinski definition) is 0. The van der Waals surface area contributed by atoms with Crippen LogP contribution in [0.15, 0.2) is 72.8 Å². The van der Waals surface area contributed by atoms with E-state index in [-0.39, 0.29) is 11.6 Å². The standard InChI is InChI=1S/C21H20O2/c1-4-16(5-2)21(23)19-13-9-12-18(14-19)20(22)15(3)17-10-7-6-8-11-17/h4,6-14H,3,5H2,1-2H3. The van der Waals surface area contributed by atoms with Gasteiger partial charge in [-0.05, 0) is 30.5 Å². The molecule has 0 spiro atoms. The number of allylic oxidation sites excluding steroid dienone is 3. The molecular weight excluding hydrogens is 284 g/mol. The SMILES string of the molecule is C=C(C(=O)c1cccc(C(=O)C(=CC)CC)c1)c1ccccc1. The van der Waals surface area contributed by atoms with Gasteiger partial charge in [0.1, 0.15) is 0 Å². The zero-order valence-corrected chi connectivity index (χ0v) is 13.5. The van der Waals surface area contributed by atoms with Crippen molar-refractivity contribution in [3.05, 3.63) is 89.5 Å². The Balaban J connectivity index is 2.31. The number of hydrogen-bond acceptors (Lipinski definition) is 2. The summed E-state index contributed by atoms with van der Waals surface area (Å²) in [7, 11) is 0. The minimum atomic E-state index is -0.163. The number of carbonyl (C=O) groups excluding carboxylic acids is 2. The van der Waals surface area contributed by atoms with Crippen molar-refractivity contribution < 1.29 is 9.59 Å². The van der Waals surface area contributed by atoms with Gasteiger partial charge >= 0.3 is 0 Å². The molecule has 0 fully saturated rings. The van der Waals surface area contributed by atoms with Crippen LogP contribution in [0.4, 0.5) is 0 Å². The summed E-state index contributed by atoms with van der Waals surface area (Å²) >= 11 is 0. The summed E-state index contributed by atoms with van der Waals surface area (Å²) < 4.78 is 0. The first kappa shape index (κ1) is 16.6. The summed E-state index contributed by atoms with van der Waals surface area (Å²) in [5.74, 6) is -0.195. The van der Waals surface area contributed by atoms with E-state index < -0.39 is 0 Å². The number of rotatable bonds is 6. The first-order valence-electron chi connectivity index (χ1n) is 7.67. The number of benzene rings is 2. The third-order valence-corrected chi connectivity index (χ3v) is 3.80. The van der Waals surface area contributed by atoms with Gasteiger partial charge in [0.05, 0.1) is 0 Å². The molecule has 0 bridgehead atoms. The van der Waals surface area contributed by atoms with Crippen molar-refractivity contribution in [1.29, 1.82) is 0 Å². The third-order valence-electron chi connectivity index (χ3n) is 3.80. The van der Waals surface area contributed by atoms with Crippen molar-refractivity contribution in [3.63, 3.8) is 0 Å². The highest BCUT2D eigenvalue weighted by atomic mass is 16.1. The highest BCUT2D eigenvalue weighted by Gasteiger charge is 2.15. The molecule has 0 heterocycles. The van der Waals surface area contributed by atoms with Crippen LogP contribution in [0, 0.1) is 0 Å². The van der Waals surface area contributed by atoms with Crippen molar-refractivity contribution in [3.8, 4) is 0 Å². The summed E-state index contributed by atoms with van der Waals surface area (Å²) in [5.41, 5.74) is 2.98. The van der Waals surface area contributed by atoms with Gasteiger partial charge in [0, 0.05) is 16.7 Å². The molecule has 116 valence electrons. The van der Waals surface area contributed by atoms with Crippen molar-refractivity contribution in [2.24, 2.45) is 0 Å². The normalized spacial score (nSPS) is 11.1. The lowest BCUT2D eigenvalue weighted by molar-refractivity contribution is 0.103. The van der Waals surface area contributed by atoms with Crippen LogP contribution in [0.25, 0.3) is 5.57 Å². The monoisotopic (exact) mass is 304 g/mol. The lowest BCUT2D eigenvalue weighted by atomic mass is 9.94. The predicted octanol–water partition coefficient (Wildman–Crippen LogP) is 5.12. The van der Waals surface area contributed by atoms with Crippen LogP contribution in [0.1, 0.15) is 46.5 Å². The Hall–Kier alpha value is -2.74. The summed E-state index contributed by atoms with van der Waals surface area (Å²) in [6.45, 7) is 7.69. The minimum absolute atomic E-state index is 0.0324. The highest BCUT2D eigenvalue weighted by molar-refractivity contribution is 6.28. The van der Waals surface area contributed by atoms with E-state index in [1.165, 1.54) is 0 Å². The molecule has 0 atom stereocenters. The average Bonchev–Trinajstić information content (AvgIpc) is 2.62. The molecule has 0 saturated heterocycles. The summed E-state index contributed by atoms with van der Waals surface area (Å²) in [4.78, 5) is 25.0. The quantitative estimate of drug-likeness (QED) is 0.548. The molecule has 23 heavy (non-hydrogen) atoms. The summed E-state index contributed by atoms with van der Waals surface area (Å²) in [5, 5.41) is 0. The van der Waals surface area contributed by atoms with Crippen LogP contribution in [0.2, 0.25) is 0 Å². The molecule has 0 unspecified atom stereocenters. The number of ketones is 2. The topological polar surface area (TPSA) is 34.1 Å². The molecule has 0 saturated carbocycles. The minimum Gasteiger partial charge on any atom is -0.289 e. The van der Waals surface area contributed by atoms with Crippen molar-refractivity contribution in [1.82, 2.24) is 0 Å². The average molecular weight is 304 g/mol. The Kier molecular flexibility index (Phi) is 5.42. The van der Waals surface area contributed by atoms with Gasteiger partial charge in [-0.25, -0.2) is 0 Å². The fraction of sp³-hybridized carbons (Fsp3) is 0.143. The van der Waals surface area contributed by atoms with E-state index in [1.54, 1.807) is 24.3 Å². The van der Waals surface area contributed by atoms with Crippen LogP contribution in [-0.4, -0.2) is 11.6 Å². The van der Waals surface area contributed by atoms with Crippen molar-refractivity contribution >= 4 is 17.1 Å². The molecular formula is C21H20O2. The second-order valence-corrected chi connectivity index (χ2v) is 5.25. The highest BCUT2D eigenvalue weighted by Crippen LogP contribution is 2.20. The molecule has 0 aliphatic heterocycles. The van der Waals surface area contributed by atoms with Crippen LogP contribution in [0.5, 0.6) is 0 Å². The molecule has 2 aromatic rings. The second kappa shape index (κ2) is 7.50. The van der Waals surface area contributed by atoms with E-state index in [0.717, 1.165) is 11.1 Å². The number of carbonyl (C=O) groups is 2. The van der Waals surface area contributed by atoms with Crippen LogP contribution in [0.3, 0.4) is 0 Å². The molecule has 2 rings (SSSR count). The fourth-order valence-electron chi connectivity index (χ4n) is 2.43. The first-order chi connectivity index (χ1) is 11.1. The van der Waals surface area contributed by atoms with Crippen LogP contribution in [-0.2, 0) is 0 Å².